The number of aromatic nitrogens is 2. The predicted octanol–water partition coefficient (Wildman–Crippen LogP) is 4.23. The van der Waals surface area contributed by atoms with Crippen molar-refractivity contribution >= 4 is 22.5 Å². The third-order valence-corrected chi connectivity index (χ3v) is 2.98. The Morgan fingerprint density at radius 1 is 0.895 bits per heavy atom. The fraction of sp³-hybridized carbons (Fsp3) is 0. The van der Waals surface area contributed by atoms with Gasteiger partial charge < -0.3 is 0 Å². The Labute approximate surface area is 112 Å². The lowest BCUT2D eigenvalue weighted by Crippen LogP contribution is -1.93. The van der Waals surface area contributed by atoms with Crippen LogP contribution >= 0.6 is 11.6 Å². The number of nitrogens with zero attached hydrogens (tertiary/aromatic N) is 2. The van der Waals surface area contributed by atoms with Crippen molar-refractivity contribution in [3.05, 3.63) is 59.3 Å². The molecular formula is C14H7ClF2N2. The first-order valence-corrected chi connectivity index (χ1v) is 5.90. The molecule has 0 saturated carbocycles. The summed E-state index contributed by atoms with van der Waals surface area (Å²) in [7, 11) is 0. The van der Waals surface area contributed by atoms with Crippen LogP contribution in [0.4, 0.5) is 8.78 Å². The Morgan fingerprint density at radius 3 is 2.47 bits per heavy atom. The average molecular weight is 277 g/mol. The van der Waals surface area contributed by atoms with E-state index in [0.717, 1.165) is 0 Å². The molecule has 0 atom stereocenters. The zero-order valence-corrected chi connectivity index (χ0v) is 10.3. The minimum atomic E-state index is -0.410. The van der Waals surface area contributed by atoms with Gasteiger partial charge in [-0.15, -0.1) is 0 Å². The van der Waals surface area contributed by atoms with Crippen LogP contribution < -0.4 is 0 Å². The highest BCUT2D eigenvalue weighted by Crippen LogP contribution is 2.25. The van der Waals surface area contributed by atoms with Crippen LogP contribution in [-0.2, 0) is 0 Å². The first-order valence-electron chi connectivity index (χ1n) is 5.52. The summed E-state index contributed by atoms with van der Waals surface area (Å²) in [5.41, 5.74) is 0.882. The first kappa shape index (κ1) is 12.0. The average Bonchev–Trinajstić information content (AvgIpc) is 2.38. The lowest BCUT2D eigenvalue weighted by molar-refractivity contribution is 0.627. The number of hydrogen-bond acceptors (Lipinski definition) is 2. The highest BCUT2D eigenvalue weighted by Gasteiger charge is 2.09. The third-order valence-electron chi connectivity index (χ3n) is 2.70. The van der Waals surface area contributed by atoms with Crippen LogP contribution in [0.2, 0.25) is 5.15 Å². The minimum absolute atomic E-state index is 0.212. The highest BCUT2D eigenvalue weighted by molar-refractivity contribution is 6.34. The molecule has 0 N–H and O–H groups in total. The van der Waals surface area contributed by atoms with Crippen LogP contribution in [0.15, 0.2) is 42.5 Å². The summed E-state index contributed by atoms with van der Waals surface area (Å²) in [6.45, 7) is 0. The lowest BCUT2D eigenvalue weighted by Gasteiger charge is -2.04. The Bertz CT molecular complexity index is 774. The first-order chi connectivity index (χ1) is 9.13. The van der Waals surface area contributed by atoms with Gasteiger partial charge >= 0.3 is 0 Å². The molecule has 0 aliphatic rings. The molecule has 3 aromatic rings. The molecule has 0 bridgehead atoms. The Hall–Kier alpha value is -2.07. The highest BCUT2D eigenvalue weighted by atomic mass is 35.5. The van der Waals surface area contributed by atoms with Crippen LogP contribution in [0.5, 0.6) is 0 Å². The van der Waals surface area contributed by atoms with Gasteiger partial charge in [-0.05, 0) is 24.3 Å². The van der Waals surface area contributed by atoms with Crippen molar-refractivity contribution in [1.29, 1.82) is 0 Å². The fourth-order valence-corrected chi connectivity index (χ4v) is 2.06. The van der Waals surface area contributed by atoms with Crippen LogP contribution in [0.1, 0.15) is 0 Å². The van der Waals surface area contributed by atoms with Crippen molar-refractivity contribution in [2.45, 2.75) is 0 Å². The Balaban J connectivity index is 2.25. The maximum absolute atomic E-state index is 13.2. The number of benzene rings is 2. The summed E-state index contributed by atoms with van der Waals surface area (Å²) in [5.74, 6) is -0.536. The van der Waals surface area contributed by atoms with Gasteiger partial charge in [-0.25, -0.2) is 18.7 Å². The van der Waals surface area contributed by atoms with Gasteiger partial charge in [0, 0.05) is 17.0 Å². The van der Waals surface area contributed by atoms with E-state index in [-0.39, 0.29) is 11.0 Å². The molecule has 1 aromatic heterocycles. The molecule has 2 nitrogen and oxygen atoms in total. The van der Waals surface area contributed by atoms with E-state index in [2.05, 4.69) is 9.97 Å². The van der Waals surface area contributed by atoms with Gasteiger partial charge in [-0.3, -0.25) is 0 Å². The summed E-state index contributed by atoms with van der Waals surface area (Å²) < 4.78 is 26.4. The van der Waals surface area contributed by atoms with Crippen molar-refractivity contribution < 1.29 is 8.78 Å². The number of fused-ring (bicyclic) bond motifs is 1. The van der Waals surface area contributed by atoms with Crippen LogP contribution in [0, 0.1) is 11.6 Å². The maximum atomic E-state index is 13.2. The number of halogens is 3. The van der Waals surface area contributed by atoms with Gasteiger partial charge in [0.15, 0.2) is 5.82 Å². The molecule has 0 unspecified atom stereocenters. The number of hydrogen-bond donors (Lipinski definition) is 0. The number of rotatable bonds is 1. The second-order valence-electron chi connectivity index (χ2n) is 4.01. The van der Waals surface area contributed by atoms with E-state index in [9.17, 15) is 8.78 Å². The van der Waals surface area contributed by atoms with Crippen molar-refractivity contribution in [2.24, 2.45) is 0 Å². The van der Waals surface area contributed by atoms with Crippen LogP contribution in [-0.4, -0.2) is 9.97 Å². The standard InChI is InChI=1S/C14H7ClF2N2/c15-13-11-5-4-10(17)7-12(11)18-14(19-13)8-2-1-3-9(16)6-8/h1-7H. The van der Waals surface area contributed by atoms with Gasteiger partial charge in [0.1, 0.15) is 16.8 Å². The van der Waals surface area contributed by atoms with Gasteiger partial charge in [-0.1, -0.05) is 23.7 Å². The van der Waals surface area contributed by atoms with E-state index < -0.39 is 11.6 Å². The normalized spacial score (nSPS) is 10.9. The van der Waals surface area contributed by atoms with Gasteiger partial charge in [-0.2, -0.15) is 0 Å². The molecule has 5 heteroatoms. The molecule has 0 fully saturated rings. The quantitative estimate of drug-likeness (QED) is 0.622. The third kappa shape index (κ3) is 2.27. The van der Waals surface area contributed by atoms with E-state index in [0.29, 0.717) is 16.5 Å². The molecule has 0 radical (unpaired) electrons. The van der Waals surface area contributed by atoms with E-state index in [4.69, 9.17) is 11.6 Å². The minimum Gasteiger partial charge on any atom is -0.228 e. The van der Waals surface area contributed by atoms with Gasteiger partial charge in [0.05, 0.1) is 5.52 Å². The zero-order chi connectivity index (χ0) is 13.4. The second-order valence-corrected chi connectivity index (χ2v) is 4.37. The summed E-state index contributed by atoms with van der Waals surface area (Å²) in [6.07, 6.45) is 0. The van der Waals surface area contributed by atoms with E-state index in [1.54, 1.807) is 12.1 Å². The van der Waals surface area contributed by atoms with Crippen LogP contribution in [0.3, 0.4) is 0 Å². The topological polar surface area (TPSA) is 25.8 Å². The Kier molecular flexibility index (Phi) is 2.87. The molecule has 0 saturated heterocycles. The largest absolute Gasteiger partial charge is 0.228 e. The molecular weight excluding hydrogens is 270 g/mol. The summed E-state index contributed by atoms with van der Waals surface area (Å²) >= 11 is 6.04. The molecule has 19 heavy (non-hydrogen) atoms. The molecule has 94 valence electrons. The molecule has 1 heterocycles. The molecule has 3 rings (SSSR count). The molecule has 0 aliphatic carbocycles. The lowest BCUT2D eigenvalue weighted by atomic mass is 10.2. The van der Waals surface area contributed by atoms with Crippen molar-refractivity contribution in [2.75, 3.05) is 0 Å². The molecule has 0 amide bonds. The summed E-state index contributed by atoms with van der Waals surface area (Å²) in [5, 5.41) is 0.771. The second kappa shape index (κ2) is 4.55. The zero-order valence-electron chi connectivity index (χ0n) is 9.57. The summed E-state index contributed by atoms with van der Waals surface area (Å²) in [4.78, 5) is 8.31. The molecule has 0 aliphatic heterocycles. The summed E-state index contributed by atoms with van der Waals surface area (Å²) in [6, 6.07) is 9.92. The fourth-order valence-electron chi connectivity index (χ4n) is 1.82. The van der Waals surface area contributed by atoms with Crippen molar-refractivity contribution in [3.63, 3.8) is 0 Å². The SMILES string of the molecule is Fc1cccc(-c2nc(Cl)c3ccc(F)cc3n2)c1. The van der Waals surface area contributed by atoms with E-state index in [1.807, 2.05) is 0 Å². The van der Waals surface area contributed by atoms with Crippen LogP contribution in [0.25, 0.3) is 22.3 Å². The molecule has 2 aromatic carbocycles. The van der Waals surface area contributed by atoms with Crippen molar-refractivity contribution in [3.8, 4) is 11.4 Å². The van der Waals surface area contributed by atoms with E-state index in [1.165, 1.54) is 30.3 Å². The monoisotopic (exact) mass is 276 g/mol. The van der Waals surface area contributed by atoms with E-state index >= 15 is 0 Å². The van der Waals surface area contributed by atoms with Gasteiger partial charge in [0.2, 0.25) is 0 Å². The van der Waals surface area contributed by atoms with Crippen molar-refractivity contribution in [1.82, 2.24) is 9.97 Å². The predicted molar refractivity (Wildman–Crippen MR) is 69.9 cm³/mol. The smallest absolute Gasteiger partial charge is 0.161 e. The molecule has 0 spiro atoms. The van der Waals surface area contributed by atoms with Gasteiger partial charge in [0.25, 0.3) is 0 Å². The Morgan fingerprint density at radius 2 is 1.68 bits per heavy atom. The maximum Gasteiger partial charge on any atom is 0.161 e.